The number of Topliss-reactive ketones (excluding diaryl/α,β-unsaturated/α-hetero) is 1. The Labute approximate surface area is 155 Å². The van der Waals surface area contributed by atoms with Crippen molar-refractivity contribution < 1.29 is 19.0 Å². The molecule has 4 nitrogen and oxygen atoms in total. The molecule has 3 unspecified atom stereocenters. The van der Waals surface area contributed by atoms with E-state index in [-0.39, 0.29) is 11.9 Å². The highest BCUT2D eigenvalue weighted by atomic mass is 16.6. The van der Waals surface area contributed by atoms with Gasteiger partial charge < -0.3 is 14.2 Å². The zero-order valence-electron chi connectivity index (χ0n) is 15.4. The summed E-state index contributed by atoms with van der Waals surface area (Å²) in [7, 11) is 0. The molecule has 1 heterocycles. The molecule has 4 heteroatoms. The first-order chi connectivity index (χ1) is 12.8. The number of ether oxygens (including phenoxy) is 3. The fraction of sp³-hybridized carbons (Fsp3) is 0.500. The van der Waals surface area contributed by atoms with Crippen molar-refractivity contribution in [3.05, 3.63) is 59.7 Å². The van der Waals surface area contributed by atoms with Crippen molar-refractivity contribution in [3.63, 3.8) is 0 Å². The Bertz CT molecular complexity index is 635. The van der Waals surface area contributed by atoms with Crippen molar-refractivity contribution in [3.8, 4) is 0 Å². The van der Waals surface area contributed by atoms with Gasteiger partial charge in [0, 0.05) is 18.1 Å². The van der Waals surface area contributed by atoms with Crippen LogP contribution in [0.3, 0.4) is 0 Å². The monoisotopic (exact) mass is 356 g/mol. The summed E-state index contributed by atoms with van der Waals surface area (Å²) in [6, 6.07) is 9.28. The van der Waals surface area contributed by atoms with E-state index in [2.05, 4.69) is 25.2 Å². The second-order valence-electron chi connectivity index (χ2n) is 6.90. The predicted molar refractivity (Wildman–Crippen MR) is 101 cm³/mol. The van der Waals surface area contributed by atoms with Crippen LogP contribution in [0, 0.1) is 5.92 Å². The molecule has 1 saturated heterocycles. The van der Waals surface area contributed by atoms with E-state index in [1.54, 1.807) is 0 Å². The summed E-state index contributed by atoms with van der Waals surface area (Å²) in [5.74, 6) is 0.349. The molecule has 1 aliphatic heterocycles. The van der Waals surface area contributed by atoms with Gasteiger partial charge in [0.1, 0.15) is 12.2 Å². The maximum atomic E-state index is 12.6. The lowest BCUT2D eigenvalue weighted by atomic mass is 9.91. The van der Waals surface area contributed by atoms with Gasteiger partial charge in [0.25, 0.3) is 0 Å². The van der Waals surface area contributed by atoms with E-state index >= 15 is 0 Å². The molecule has 140 valence electrons. The Morgan fingerprint density at radius 2 is 2.08 bits per heavy atom. The fourth-order valence-electron chi connectivity index (χ4n) is 3.29. The van der Waals surface area contributed by atoms with Crippen molar-refractivity contribution in [1.82, 2.24) is 0 Å². The summed E-state index contributed by atoms with van der Waals surface area (Å²) in [6.07, 6.45) is 8.78. The van der Waals surface area contributed by atoms with E-state index in [1.807, 2.05) is 30.3 Å². The number of hydrogen-bond acceptors (Lipinski definition) is 4. The molecule has 3 atom stereocenters. The summed E-state index contributed by atoms with van der Waals surface area (Å²) in [4.78, 5) is 12.6. The van der Waals surface area contributed by atoms with Crippen LogP contribution >= 0.6 is 0 Å². The van der Waals surface area contributed by atoms with Crippen LogP contribution in [-0.2, 0) is 14.2 Å². The molecule has 1 fully saturated rings. The zero-order chi connectivity index (χ0) is 18.2. The van der Waals surface area contributed by atoms with E-state index < -0.39 is 6.10 Å². The number of carbonyl (C=O) groups is 1. The molecule has 3 rings (SSSR count). The molecule has 0 aromatic heterocycles. The van der Waals surface area contributed by atoms with E-state index in [0.717, 1.165) is 32.5 Å². The third kappa shape index (κ3) is 5.13. The Morgan fingerprint density at radius 1 is 1.23 bits per heavy atom. The second-order valence-corrected chi connectivity index (χ2v) is 6.90. The Balaban J connectivity index is 1.55. The largest absolute Gasteiger partial charge is 0.381 e. The van der Waals surface area contributed by atoms with Gasteiger partial charge >= 0.3 is 0 Å². The topological polar surface area (TPSA) is 44.8 Å². The molecule has 1 aromatic rings. The van der Waals surface area contributed by atoms with Crippen LogP contribution in [0.1, 0.15) is 36.5 Å². The SMILES string of the molecule is CCCCOCC1C=CC=C(C2COCC(C(=O)c3ccccc3)O2)C1. The quantitative estimate of drug-likeness (QED) is 0.522. The molecular formula is C22H28O4. The molecule has 0 saturated carbocycles. The molecule has 1 aliphatic carbocycles. The third-order valence-electron chi connectivity index (χ3n) is 4.80. The van der Waals surface area contributed by atoms with Gasteiger partial charge in [-0.25, -0.2) is 0 Å². The zero-order valence-corrected chi connectivity index (χ0v) is 15.4. The average Bonchev–Trinajstić information content (AvgIpc) is 2.72. The number of rotatable bonds is 8. The molecule has 2 aliphatic rings. The van der Waals surface area contributed by atoms with E-state index in [1.165, 1.54) is 5.57 Å². The van der Waals surface area contributed by atoms with Gasteiger partial charge in [-0.15, -0.1) is 0 Å². The van der Waals surface area contributed by atoms with Crippen molar-refractivity contribution in [2.24, 2.45) is 5.92 Å². The molecule has 26 heavy (non-hydrogen) atoms. The maximum Gasteiger partial charge on any atom is 0.193 e. The first-order valence-corrected chi connectivity index (χ1v) is 9.55. The van der Waals surface area contributed by atoms with Gasteiger partial charge in [-0.3, -0.25) is 4.79 Å². The highest BCUT2D eigenvalue weighted by Gasteiger charge is 2.32. The Kier molecular flexibility index (Phi) is 7.18. The smallest absolute Gasteiger partial charge is 0.193 e. The first-order valence-electron chi connectivity index (χ1n) is 9.55. The van der Waals surface area contributed by atoms with Crippen molar-refractivity contribution in [2.45, 2.75) is 38.4 Å². The summed E-state index contributed by atoms with van der Waals surface area (Å²) in [6.45, 7) is 4.53. The molecule has 0 bridgehead atoms. The molecule has 0 radical (unpaired) electrons. The summed E-state index contributed by atoms with van der Waals surface area (Å²) < 4.78 is 17.6. The van der Waals surface area contributed by atoms with Crippen LogP contribution in [0.15, 0.2) is 54.1 Å². The van der Waals surface area contributed by atoms with E-state index in [9.17, 15) is 4.79 Å². The minimum absolute atomic E-state index is 0.0123. The predicted octanol–water partition coefficient (Wildman–Crippen LogP) is 3.97. The lowest BCUT2D eigenvalue weighted by Crippen LogP contribution is -2.42. The number of allylic oxidation sites excluding steroid dienone is 2. The standard InChI is InChI=1S/C22H28O4/c1-2-3-12-24-14-17-8-7-11-19(13-17)20-15-25-16-21(26-20)22(23)18-9-5-4-6-10-18/h4-11,17,20-21H,2-3,12-16H2,1H3. The van der Waals surface area contributed by atoms with E-state index in [4.69, 9.17) is 14.2 Å². The lowest BCUT2D eigenvalue weighted by molar-refractivity contribution is -0.108. The highest BCUT2D eigenvalue weighted by Crippen LogP contribution is 2.27. The van der Waals surface area contributed by atoms with Crippen LogP contribution in [0.4, 0.5) is 0 Å². The number of benzene rings is 1. The van der Waals surface area contributed by atoms with Crippen LogP contribution in [0.25, 0.3) is 0 Å². The number of carbonyl (C=O) groups excluding carboxylic acids is 1. The van der Waals surface area contributed by atoms with Gasteiger partial charge in [-0.2, -0.15) is 0 Å². The summed E-state index contributed by atoms with van der Waals surface area (Å²) in [5, 5.41) is 0. The average molecular weight is 356 g/mol. The van der Waals surface area contributed by atoms with Gasteiger partial charge in [0.15, 0.2) is 5.78 Å². The number of ketones is 1. The molecule has 0 spiro atoms. The van der Waals surface area contributed by atoms with Crippen LogP contribution in [-0.4, -0.2) is 44.4 Å². The minimum Gasteiger partial charge on any atom is -0.381 e. The molecule has 0 amide bonds. The number of hydrogen-bond donors (Lipinski definition) is 0. The van der Waals surface area contributed by atoms with Gasteiger partial charge in [0.2, 0.25) is 0 Å². The van der Waals surface area contributed by atoms with Gasteiger partial charge in [0.05, 0.1) is 19.8 Å². The first kappa shape index (κ1) is 19.0. The minimum atomic E-state index is -0.540. The van der Waals surface area contributed by atoms with Crippen molar-refractivity contribution in [2.75, 3.05) is 26.4 Å². The third-order valence-corrected chi connectivity index (χ3v) is 4.80. The van der Waals surface area contributed by atoms with Crippen LogP contribution in [0.5, 0.6) is 0 Å². The molecular weight excluding hydrogens is 328 g/mol. The van der Waals surface area contributed by atoms with Crippen LogP contribution in [0.2, 0.25) is 0 Å². The van der Waals surface area contributed by atoms with Crippen molar-refractivity contribution in [1.29, 1.82) is 0 Å². The van der Waals surface area contributed by atoms with Gasteiger partial charge in [-0.05, 0) is 18.4 Å². The maximum absolute atomic E-state index is 12.6. The van der Waals surface area contributed by atoms with Gasteiger partial charge in [-0.1, -0.05) is 61.9 Å². The lowest BCUT2D eigenvalue weighted by Gasteiger charge is -2.32. The Hall–Kier alpha value is -1.75. The summed E-state index contributed by atoms with van der Waals surface area (Å²) >= 11 is 0. The molecule has 1 aromatic carbocycles. The van der Waals surface area contributed by atoms with E-state index in [0.29, 0.717) is 24.7 Å². The highest BCUT2D eigenvalue weighted by molar-refractivity contribution is 5.99. The normalized spacial score (nSPS) is 25.7. The summed E-state index contributed by atoms with van der Waals surface area (Å²) in [5.41, 5.74) is 1.85. The molecule has 0 N–H and O–H groups in total. The van der Waals surface area contributed by atoms with Crippen molar-refractivity contribution >= 4 is 5.78 Å². The van der Waals surface area contributed by atoms with Crippen LogP contribution < -0.4 is 0 Å². The second kappa shape index (κ2) is 9.81. The Morgan fingerprint density at radius 3 is 2.88 bits per heavy atom. The fourth-order valence-corrected chi connectivity index (χ4v) is 3.29. The number of unbranched alkanes of at least 4 members (excludes halogenated alkanes) is 1.